The van der Waals surface area contributed by atoms with E-state index in [4.69, 9.17) is 4.74 Å². The summed E-state index contributed by atoms with van der Waals surface area (Å²) in [5.74, 6) is 0. The van der Waals surface area contributed by atoms with Gasteiger partial charge in [-0.1, -0.05) is 18.7 Å². The Balaban J connectivity index is 1.94. The first-order chi connectivity index (χ1) is 8.31. The smallest absolute Gasteiger partial charge is 0.186 e. The highest BCUT2D eigenvalue weighted by molar-refractivity contribution is 7.99. The molecule has 0 spiro atoms. The summed E-state index contributed by atoms with van der Waals surface area (Å²) in [6.45, 7) is 4.91. The fraction of sp³-hybridized carbons (Fsp3) is 0.818. The van der Waals surface area contributed by atoms with Crippen molar-refractivity contribution in [1.82, 2.24) is 20.1 Å². The van der Waals surface area contributed by atoms with E-state index in [0.717, 1.165) is 31.3 Å². The maximum atomic E-state index is 5.56. The van der Waals surface area contributed by atoms with Crippen molar-refractivity contribution in [3.8, 4) is 0 Å². The number of nitrogens with zero attached hydrogens (tertiary/aromatic N) is 3. The minimum Gasteiger partial charge on any atom is -0.380 e. The molecule has 1 aromatic heterocycles. The zero-order chi connectivity index (χ0) is 12.1. The summed E-state index contributed by atoms with van der Waals surface area (Å²) < 4.78 is 7.38. The zero-order valence-corrected chi connectivity index (χ0v) is 11.2. The van der Waals surface area contributed by atoms with Crippen LogP contribution in [0.2, 0.25) is 0 Å². The molecule has 2 atom stereocenters. The minimum absolute atomic E-state index is 0.429. The third-order valence-corrected chi connectivity index (χ3v) is 4.24. The highest BCUT2D eigenvalue weighted by Crippen LogP contribution is 2.27. The third-order valence-electron chi connectivity index (χ3n) is 2.89. The van der Waals surface area contributed by atoms with E-state index in [-0.39, 0.29) is 0 Å². The van der Waals surface area contributed by atoms with Crippen molar-refractivity contribution in [3.05, 3.63) is 6.33 Å². The van der Waals surface area contributed by atoms with E-state index >= 15 is 0 Å². The topological polar surface area (TPSA) is 52.0 Å². The van der Waals surface area contributed by atoms with Gasteiger partial charge in [0.05, 0.1) is 11.9 Å². The van der Waals surface area contributed by atoms with Crippen LogP contribution in [0.25, 0.3) is 0 Å². The maximum absolute atomic E-state index is 5.56. The summed E-state index contributed by atoms with van der Waals surface area (Å²) in [4.78, 5) is 4.26. The molecular weight excluding hydrogens is 236 g/mol. The lowest BCUT2D eigenvalue weighted by atomic mass is 10.1. The van der Waals surface area contributed by atoms with Crippen LogP contribution in [0.15, 0.2) is 11.5 Å². The van der Waals surface area contributed by atoms with E-state index in [0.29, 0.717) is 11.3 Å². The first-order valence-electron chi connectivity index (χ1n) is 6.13. The Kier molecular flexibility index (Phi) is 4.82. The molecule has 0 saturated carbocycles. The summed E-state index contributed by atoms with van der Waals surface area (Å²) >= 11 is 1.76. The van der Waals surface area contributed by atoms with Gasteiger partial charge in [0.2, 0.25) is 0 Å². The van der Waals surface area contributed by atoms with Crippen LogP contribution >= 0.6 is 11.8 Å². The van der Waals surface area contributed by atoms with Crippen molar-refractivity contribution < 1.29 is 4.74 Å². The van der Waals surface area contributed by atoms with Gasteiger partial charge in [-0.2, -0.15) is 5.10 Å². The maximum Gasteiger partial charge on any atom is 0.186 e. The largest absolute Gasteiger partial charge is 0.380 e. The molecule has 0 bridgehead atoms. The molecule has 0 aliphatic carbocycles. The molecule has 1 fully saturated rings. The van der Waals surface area contributed by atoms with Gasteiger partial charge in [0.1, 0.15) is 6.33 Å². The van der Waals surface area contributed by atoms with Gasteiger partial charge in [-0.3, -0.25) is 0 Å². The second-order valence-corrected chi connectivity index (χ2v) is 5.45. The van der Waals surface area contributed by atoms with Gasteiger partial charge < -0.3 is 10.1 Å². The molecule has 2 rings (SSSR count). The van der Waals surface area contributed by atoms with E-state index < -0.39 is 0 Å². The van der Waals surface area contributed by atoms with Gasteiger partial charge in [-0.05, 0) is 19.4 Å². The highest BCUT2D eigenvalue weighted by Gasteiger charge is 2.27. The predicted octanol–water partition coefficient (Wildman–Crippen LogP) is 1.06. The van der Waals surface area contributed by atoms with E-state index in [1.54, 1.807) is 18.1 Å². The molecule has 1 aliphatic heterocycles. The molecule has 0 aromatic carbocycles. The van der Waals surface area contributed by atoms with Crippen LogP contribution in [0.4, 0.5) is 0 Å². The van der Waals surface area contributed by atoms with E-state index in [1.807, 2.05) is 11.7 Å². The summed E-state index contributed by atoms with van der Waals surface area (Å²) in [6, 6.07) is 0.519. The van der Waals surface area contributed by atoms with Gasteiger partial charge >= 0.3 is 0 Å². The fourth-order valence-electron chi connectivity index (χ4n) is 1.92. The molecule has 1 aromatic rings. The lowest BCUT2D eigenvalue weighted by molar-refractivity contribution is 0.0832. The highest BCUT2D eigenvalue weighted by atomic mass is 32.2. The van der Waals surface area contributed by atoms with Crippen molar-refractivity contribution in [2.75, 3.05) is 19.8 Å². The lowest BCUT2D eigenvalue weighted by Gasteiger charge is -2.31. The molecular formula is C11H20N4OS. The quantitative estimate of drug-likeness (QED) is 0.854. The number of nitrogens with one attached hydrogen (secondary N) is 1. The summed E-state index contributed by atoms with van der Waals surface area (Å²) in [5, 5.41) is 9.08. The van der Waals surface area contributed by atoms with Crippen molar-refractivity contribution in [1.29, 1.82) is 0 Å². The minimum atomic E-state index is 0.429. The van der Waals surface area contributed by atoms with Crippen LogP contribution in [-0.4, -0.2) is 45.8 Å². The van der Waals surface area contributed by atoms with E-state index in [9.17, 15) is 0 Å². The predicted molar refractivity (Wildman–Crippen MR) is 68.2 cm³/mol. The number of thioether (sulfide) groups is 1. The van der Waals surface area contributed by atoms with Gasteiger partial charge in [-0.15, -0.1) is 0 Å². The molecule has 5 nitrogen and oxygen atoms in total. The monoisotopic (exact) mass is 256 g/mol. The fourth-order valence-corrected chi connectivity index (χ4v) is 3.06. The molecule has 6 heteroatoms. The van der Waals surface area contributed by atoms with Crippen LogP contribution in [0.1, 0.15) is 19.8 Å². The number of hydrogen-bond donors (Lipinski definition) is 1. The van der Waals surface area contributed by atoms with Crippen LogP contribution in [-0.2, 0) is 11.8 Å². The van der Waals surface area contributed by atoms with Gasteiger partial charge in [-0.25, -0.2) is 9.67 Å². The van der Waals surface area contributed by atoms with E-state index in [1.165, 1.54) is 6.42 Å². The lowest BCUT2D eigenvalue weighted by Crippen LogP contribution is -2.45. The van der Waals surface area contributed by atoms with Crippen LogP contribution < -0.4 is 5.32 Å². The number of rotatable bonds is 5. The SMILES string of the molecule is CCCNC1CCOCC1Sc1ncnn1C. The van der Waals surface area contributed by atoms with Crippen molar-refractivity contribution in [3.63, 3.8) is 0 Å². The Morgan fingerprint density at radius 3 is 3.24 bits per heavy atom. The molecule has 1 saturated heterocycles. The molecule has 2 heterocycles. The van der Waals surface area contributed by atoms with Gasteiger partial charge in [0, 0.05) is 19.7 Å². The number of aromatic nitrogens is 3. The molecule has 2 unspecified atom stereocenters. The Hall–Kier alpha value is -0.590. The molecule has 96 valence electrons. The Morgan fingerprint density at radius 1 is 1.65 bits per heavy atom. The Labute approximate surface area is 106 Å². The van der Waals surface area contributed by atoms with Gasteiger partial charge in [0.15, 0.2) is 5.16 Å². The number of ether oxygens (including phenoxy) is 1. The van der Waals surface area contributed by atoms with Crippen LogP contribution in [0, 0.1) is 0 Å². The standard InChI is InChI=1S/C11H20N4OS/c1-3-5-12-9-4-6-16-7-10(9)17-11-13-8-14-15(11)2/h8-10,12H,3-7H2,1-2H3. The molecule has 1 aliphatic rings. The second-order valence-electron chi connectivity index (χ2n) is 4.25. The number of hydrogen-bond acceptors (Lipinski definition) is 5. The van der Waals surface area contributed by atoms with Crippen molar-refractivity contribution in [2.24, 2.45) is 7.05 Å². The average molecular weight is 256 g/mol. The molecule has 1 N–H and O–H groups in total. The number of aryl methyl sites for hydroxylation is 1. The average Bonchev–Trinajstić information content (AvgIpc) is 2.74. The van der Waals surface area contributed by atoms with Crippen LogP contribution in [0.5, 0.6) is 0 Å². The van der Waals surface area contributed by atoms with Crippen molar-refractivity contribution >= 4 is 11.8 Å². The summed E-state index contributed by atoms with van der Waals surface area (Å²) in [6.07, 6.45) is 3.84. The van der Waals surface area contributed by atoms with Gasteiger partial charge in [0.25, 0.3) is 0 Å². The molecule has 0 amide bonds. The normalized spacial score (nSPS) is 25.1. The second kappa shape index (κ2) is 6.37. The zero-order valence-electron chi connectivity index (χ0n) is 10.4. The summed E-state index contributed by atoms with van der Waals surface area (Å²) in [5.41, 5.74) is 0. The molecule has 0 radical (unpaired) electrons. The van der Waals surface area contributed by atoms with Crippen molar-refractivity contribution in [2.45, 2.75) is 36.2 Å². The Morgan fingerprint density at radius 2 is 2.53 bits per heavy atom. The van der Waals surface area contributed by atoms with E-state index in [2.05, 4.69) is 22.3 Å². The summed E-state index contributed by atoms with van der Waals surface area (Å²) in [7, 11) is 1.92. The first-order valence-corrected chi connectivity index (χ1v) is 7.01. The Bertz CT molecular complexity index is 344. The van der Waals surface area contributed by atoms with Crippen LogP contribution in [0.3, 0.4) is 0 Å². The molecule has 17 heavy (non-hydrogen) atoms. The third kappa shape index (κ3) is 3.43. The first kappa shape index (κ1) is 12.9.